The van der Waals surface area contributed by atoms with Crippen molar-refractivity contribution in [3.63, 3.8) is 0 Å². The number of nitrogens with two attached hydrogens (primary N) is 1. The van der Waals surface area contributed by atoms with Gasteiger partial charge in [-0.05, 0) is 36.8 Å². The van der Waals surface area contributed by atoms with Crippen LogP contribution in [0.2, 0.25) is 0 Å². The molecule has 17 heavy (non-hydrogen) atoms. The van der Waals surface area contributed by atoms with E-state index in [0.29, 0.717) is 12.5 Å². The number of aliphatic carboxylic acids is 1. The molecule has 0 aliphatic heterocycles. The van der Waals surface area contributed by atoms with Crippen molar-refractivity contribution in [2.24, 2.45) is 11.7 Å². The van der Waals surface area contributed by atoms with Gasteiger partial charge in [0.1, 0.15) is 0 Å². The molecule has 0 aliphatic rings. The van der Waals surface area contributed by atoms with E-state index in [4.69, 9.17) is 10.8 Å². The molecule has 3 N–H and O–H groups in total. The van der Waals surface area contributed by atoms with Gasteiger partial charge in [-0.25, -0.2) is 0 Å². The predicted octanol–water partition coefficient (Wildman–Crippen LogP) is 2.62. The number of carboxylic acid groups (broad SMARTS) is 1. The standard InChI is InChI=1S/C14H21NO2/c1-2-12(13-6-4-3-5-7-13)8-11(10-15)9-14(16)17/h3-7,11-12H,2,8-10,15H2,1H3,(H,16,17). The summed E-state index contributed by atoms with van der Waals surface area (Å²) in [6, 6.07) is 10.2. The highest BCUT2D eigenvalue weighted by atomic mass is 16.4. The van der Waals surface area contributed by atoms with Crippen molar-refractivity contribution in [2.45, 2.75) is 32.1 Å². The lowest BCUT2D eigenvalue weighted by Crippen LogP contribution is -2.20. The van der Waals surface area contributed by atoms with Gasteiger partial charge in [-0.2, -0.15) is 0 Å². The lowest BCUT2D eigenvalue weighted by molar-refractivity contribution is -0.138. The third-order valence-corrected chi connectivity index (χ3v) is 3.18. The average Bonchev–Trinajstić information content (AvgIpc) is 2.35. The van der Waals surface area contributed by atoms with Crippen molar-refractivity contribution in [2.75, 3.05) is 6.54 Å². The topological polar surface area (TPSA) is 63.3 Å². The van der Waals surface area contributed by atoms with Crippen molar-refractivity contribution in [1.29, 1.82) is 0 Å². The summed E-state index contributed by atoms with van der Waals surface area (Å²) in [5, 5.41) is 8.82. The molecule has 1 rings (SSSR count). The van der Waals surface area contributed by atoms with Gasteiger partial charge >= 0.3 is 5.97 Å². The summed E-state index contributed by atoms with van der Waals surface area (Å²) in [5.74, 6) is -0.287. The molecule has 0 saturated carbocycles. The second-order valence-corrected chi connectivity index (χ2v) is 4.45. The van der Waals surface area contributed by atoms with Crippen LogP contribution in [0, 0.1) is 5.92 Å². The first-order chi connectivity index (χ1) is 8.17. The zero-order valence-electron chi connectivity index (χ0n) is 10.3. The fourth-order valence-corrected chi connectivity index (χ4v) is 2.18. The van der Waals surface area contributed by atoms with Crippen molar-refractivity contribution in [1.82, 2.24) is 0 Å². The zero-order valence-corrected chi connectivity index (χ0v) is 10.3. The van der Waals surface area contributed by atoms with Crippen molar-refractivity contribution < 1.29 is 9.90 Å². The number of carboxylic acids is 1. The number of hydrogen-bond donors (Lipinski definition) is 2. The molecule has 3 heteroatoms. The summed E-state index contributed by atoms with van der Waals surface area (Å²) in [5.41, 5.74) is 6.92. The Morgan fingerprint density at radius 2 is 2.00 bits per heavy atom. The number of benzene rings is 1. The summed E-state index contributed by atoms with van der Waals surface area (Å²) in [6.45, 7) is 2.57. The average molecular weight is 235 g/mol. The molecule has 0 saturated heterocycles. The van der Waals surface area contributed by atoms with E-state index in [2.05, 4.69) is 19.1 Å². The van der Waals surface area contributed by atoms with Gasteiger partial charge in [0.15, 0.2) is 0 Å². The van der Waals surface area contributed by atoms with Gasteiger partial charge in [0.2, 0.25) is 0 Å². The van der Waals surface area contributed by atoms with Crippen LogP contribution in [-0.2, 0) is 4.79 Å². The van der Waals surface area contributed by atoms with Crippen LogP contribution in [0.3, 0.4) is 0 Å². The third kappa shape index (κ3) is 4.57. The van der Waals surface area contributed by atoms with Gasteiger partial charge in [0.05, 0.1) is 0 Å². The summed E-state index contributed by atoms with van der Waals surface area (Å²) in [4.78, 5) is 10.7. The molecule has 0 radical (unpaired) electrons. The smallest absolute Gasteiger partial charge is 0.303 e. The van der Waals surface area contributed by atoms with Crippen LogP contribution >= 0.6 is 0 Å². The fourth-order valence-electron chi connectivity index (χ4n) is 2.18. The van der Waals surface area contributed by atoms with E-state index in [1.807, 2.05) is 18.2 Å². The minimum atomic E-state index is -0.761. The Hall–Kier alpha value is -1.35. The summed E-state index contributed by atoms with van der Waals surface area (Å²) < 4.78 is 0. The highest BCUT2D eigenvalue weighted by Gasteiger charge is 2.18. The van der Waals surface area contributed by atoms with E-state index < -0.39 is 5.97 Å². The van der Waals surface area contributed by atoms with E-state index in [-0.39, 0.29) is 12.3 Å². The van der Waals surface area contributed by atoms with Crippen LogP contribution in [0.5, 0.6) is 0 Å². The molecular formula is C14H21NO2. The molecule has 2 atom stereocenters. The van der Waals surface area contributed by atoms with Gasteiger partial charge in [-0.1, -0.05) is 37.3 Å². The second kappa shape index (κ2) is 7.07. The Bertz CT molecular complexity index is 337. The minimum Gasteiger partial charge on any atom is -0.481 e. The first-order valence-corrected chi connectivity index (χ1v) is 6.14. The Morgan fingerprint density at radius 3 is 2.47 bits per heavy atom. The first kappa shape index (κ1) is 13.7. The maximum Gasteiger partial charge on any atom is 0.303 e. The van der Waals surface area contributed by atoms with Gasteiger partial charge in [0.25, 0.3) is 0 Å². The van der Waals surface area contributed by atoms with E-state index in [0.717, 1.165) is 12.8 Å². The quantitative estimate of drug-likeness (QED) is 0.763. The van der Waals surface area contributed by atoms with Crippen LogP contribution < -0.4 is 5.73 Å². The van der Waals surface area contributed by atoms with E-state index in [1.54, 1.807) is 0 Å². The minimum absolute atomic E-state index is 0.0673. The molecule has 2 unspecified atom stereocenters. The fraction of sp³-hybridized carbons (Fsp3) is 0.500. The summed E-state index contributed by atoms with van der Waals surface area (Å²) in [7, 11) is 0. The highest BCUT2D eigenvalue weighted by Crippen LogP contribution is 2.27. The Kier molecular flexibility index (Phi) is 5.70. The molecule has 3 nitrogen and oxygen atoms in total. The predicted molar refractivity (Wildman–Crippen MR) is 68.9 cm³/mol. The van der Waals surface area contributed by atoms with E-state index in [1.165, 1.54) is 5.56 Å². The number of carbonyl (C=O) groups is 1. The van der Waals surface area contributed by atoms with E-state index >= 15 is 0 Å². The molecular weight excluding hydrogens is 214 g/mol. The van der Waals surface area contributed by atoms with Crippen molar-refractivity contribution in [3.05, 3.63) is 35.9 Å². The van der Waals surface area contributed by atoms with Gasteiger partial charge < -0.3 is 10.8 Å². The molecule has 1 aromatic carbocycles. The highest BCUT2D eigenvalue weighted by molar-refractivity contribution is 5.67. The summed E-state index contributed by atoms with van der Waals surface area (Å²) in [6.07, 6.45) is 2.03. The number of hydrogen-bond acceptors (Lipinski definition) is 2. The maximum atomic E-state index is 10.7. The number of rotatable bonds is 7. The van der Waals surface area contributed by atoms with Gasteiger partial charge in [-0.15, -0.1) is 0 Å². The Morgan fingerprint density at radius 1 is 1.35 bits per heavy atom. The Labute approximate surface area is 103 Å². The second-order valence-electron chi connectivity index (χ2n) is 4.45. The van der Waals surface area contributed by atoms with Crippen LogP contribution in [0.25, 0.3) is 0 Å². The van der Waals surface area contributed by atoms with Crippen LogP contribution in [0.4, 0.5) is 0 Å². The molecule has 1 aromatic rings. The largest absolute Gasteiger partial charge is 0.481 e. The molecule has 0 heterocycles. The third-order valence-electron chi connectivity index (χ3n) is 3.18. The Balaban J connectivity index is 2.65. The molecule has 94 valence electrons. The normalized spacial score (nSPS) is 14.2. The lowest BCUT2D eigenvalue weighted by Gasteiger charge is -2.20. The van der Waals surface area contributed by atoms with Gasteiger partial charge in [-0.3, -0.25) is 4.79 Å². The summed E-state index contributed by atoms with van der Waals surface area (Å²) >= 11 is 0. The molecule has 0 spiro atoms. The monoisotopic (exact) mass is 235 g/mol. The van der Waals surface area contributed by atoms with Crippen molar-refractivity contribution in [3.8, 4) is 0 Å². The molecule has 0 fully saturated rings. The maximum absolute atomic E-state index is 10.7. The SMILES string of the molecule is CCC(CC(CN)CC(=O)O)c1ccccc1. The molecule has 0 bridgehead atoms. The van der Waals surface area contributed by atoms with Crippen LogP contribution in [0.1, 0.15) is 37.7 Å². The first-order valence-electron chi connectivity index (χ1n) is 6.14. The lowest BCUT2D eigenvalue weighted by atomic mass is 9.85. The molecule has 0 aliphatic carbocycles. The van der Waals surface area contributed by atoms with Crippen LogP contribution in [0.15, 0.2) is 30.3 Å². The van der Waals surface area contributed by atoms with E-state index in [9.17, 15) is 4.79 Å². The van der Waals surface area contributed by atoms with Crippen LogP contribution in [-0.4, -0.2) is 17.6 Å². The molecule has 0 amide bonds. The molecule has 0 aromatic heterocycles. The van der Waals surface area contributed by atoms with Crippen molar-refractivity contribution >= 4 is 5.97 Å². The van der Waals surface area contributed by atoms with Gasteiger partial charge in [0, 0.05) is 6.42 Å². The zero-order chi connectivity index (χ0) is 12.7.